The van der Waals surface area contributed by atoms with Gasteiger partial charge in [-0.15, -0.1) is 23.5 Å². The fraction of sp³-hybridized carbons (Fsp3) is 0.306. The molecule has 0 aliphatic heterocycles. The third-order valence-electron chi connectivity index (χ3n) is 7.37. The van der Waals surface area contributed by atoms with Crippen LogP contribution in [0.1, 0.15) is 56.1 Å². The van der Waals surface area contributed by atoms with E-state index in [2.05, 4.69) is 53.5 Å². The summed E-state index contributed by atoms with van der Waals surface area (Å²) >= 11 is 3.46. The van der Waals surface area contributed by atoms with Crippen LogP contribution in [0, 0.1) is 0 Å². The van der Waals surface area contributed by atoms with Gasteiger partial charge in [-0.1, -0.05) is 51.1 Å². The maximum atomic E-state index is 13.7. The molecule has 0 aliphatic rings. The van der Waals surface area contributed by atoms with Gasteiger partial charge in [0, 0.05) is 61.9 Å². The molecule has 0 bridgehead atoms. The molecule has 240 valence electrons. The zero-order valence-electron chi connectivity index (χ0n) is 26.4. The molecule has 0 saturated carbocycles. The molecule has 0 fully saturated rings. The summed E-state index contributed by atoms with van der Waals surface area (Å²) in [6.07, 6.45) is -1.40. The topological polar surface area (TPSA) is 57.0 Å². The number of benzene rings is 2. The molecular formula is C36H36F3N3O2S2. The molecule has 0 saturated heterocycles. The zero-order valence-corrected chi connectivity index (χ0v) is 28.0. The second-order valence-corrected chi connectivity index (χ2v) is 14.8. The van der Waals surface area contributed by atoms with Crippen LogP contribution >= 0.6 is 23.5 Å². The van der Waals surface area contributed by atoms with Crippen LogP contribution < -0.4 is 0 Å². The number of aryl methyl sites for hydroxylation is 1. The highest BCUT2D eigenvalue weighted by Crippen LogP contribution is 2.45. The Bertz CT molecular complexity index is 1800. The number of thioether (sulfide) groups is 2. The summed E-state index contributed by atoms with van der Waals surface area (Å²) in [5.41, 5.74) is 4.18. The molecule has 0 spiro atoms. The number of esters is 1. The van der Waals surface area contributed by atoms with Crippen molar-refractivity contribution in [1.29, 1.82) is 0 Å². The number of nitrogens with zero attached hydrogens (tertiary/aromatic N) is 3. The maximum Gasteiger partial charge on any atom is 0.417 e. The summed E-state index contributed by atoms with van der Waals surface area (Å²) in [6, 6.07) is 22.2. The van der Waals surface area contributed by atoms with Crippen molar-refractivity contribution in [2.75, 3.05) is 6.61 Å². The third kappa shape index (κ3) is 7.96. The SMILES string of the molecule is CCOC(=O)C(Cc1ccc(-c2ccc(C(F)(F)F)cn2)cc1)c1c(SC(C)(C)C)c2cc(SCc3ccccn3)ccc2n1C. The lowest BCUT2D eigenvalue weighted by atomic mass is 9.94. The van der Waals surface area contributed by atoms with E-state index in [1.54, 1.807) is 36.6 Å². The number of pyridine rings is 2. The van der Waals surface area contributed by atoms with Gasteiger partial charge in [0.25, 0.3) is 0 Å². The largest absolute Gasteiger partial charge is 0.465 e. The average Bonchev–Trinajstić information content (AvgIpc) is 3.28. The van der Waals surface area contributed by atoms with Crippen molar-refractivity contribution in [3.8, 4) is 11.3 Å². The number of halogens is 3. The van der Waals surface area contributed by atoms with E-state index in [1.807, 2.05) is 49.5 Å². The van der Waals surface area contributed by atoms with Gasteiger partial charge in [-0.2, -0.15) is 13.2 Å². The minimum absolute atomic E-state index is 0.129. The van der Waals surface area contributed by atoms with Gasteiger partial charge in [-0.3, -0.25) is 14.8 Å². The summed E-state index contributed by atoms with van der Waals surface area (Å²) in [4.78, 5) is 24.3. The fourth-order valence-electron chi connectivity index (χ4n) is 5.26. The Morgan fingerprint density at radius 1 is 0.978 bits per heavy atom. The van der Waals surface area contributed by atoms with E-state index >= 15 is 0 Å². The van der Waals surface area contributed by atoms with Crippen LogP contribution in [0.25, 0.3) is 22.2 Å². The van der Waals surface area contributed by atoms with Gasteiger partial charge in [0.1, 0.15) is 5.92 Å². The van der Waals surface area contributed by atoms with Gasteiger partial charge in [0.15, 0.2) is 0 Å². The van der Waals surface area contributed by atoms with Crippen molar-refractivity contribution in [1.82, 2.24) is 14.5 Å². The molecule has 5 nitrogen and oxygen atoms in total. The molecular weight excluding hydrogens is 628 g/mol. The molecule has 1 atom stereocenters. The number of carbonyl (C=O) groups excluding carboxylic acids is 1. The minimum atomic E-state index is -4.44. The Hall–Kier alpha value is -3.76. The Kier molecular flexibility index (Phi) is 10.2. The van der Waals surface area contributed by atoms with Crippen LogP contribution in [0.5, 0.6) is 0 Å². The normalized spacial score (nSPS) is 12.8. The molecule has 46 heavy (non-hydrogen) atoms. The van der Waals surface area contributed by atoms with Gasteiger partial charge < -0.3 is 9.30 Å². The van der Waals surface area contributed by atoms with Crippen LogP contribution in [-0.4, -0.2) is 31.9 Å². The monoisotopic (exact) mass is 663 g/mol. The standard InChI is InChI=1S/C36H36F3N3O2S2/c1-6-44-34(43)29(19-23-10-12-24(13-11-23)30-16-14-25(21-41-30)36(37,38)39)32-33(46-35(2,3)4)28-20-27(15-17-31(28)42(32)5)45-22-26-9-7-8-18-40-26/h7-18,20-21,29H,6,19,22H2,1-5H3. The number of alkyl halides is 3. The molecule has 0 radical (unpaired) electrons. The van der Waals surface area contributed by atoms with Crippen LogP contribution in [0.15, 0.2) is 95.0 Å². The molecule has 10 heteroatoms. The first kappa shape index (κ1) is 33.6. The Morgan fingerprint density at radius 3 is 2.35 bits per heavy atom. The van der Waals surface area contributed by atoms with E-state index in [1.165, 1.54) is 6.07 Å². The van der Waals surface area contributed by atoms with E-state index in [4.69, 9.17) is 4.74 Å². The van der Waals surface area contributed by atoms with E-state index in [0.29, 0.717) is 17.7 Å². The third-order valence-corrected chi connectivity index (χ3v) is 9.64. The van der Waals surface area contributed by atoms with Crippen LogP contribution in [0.2, 0.25) is 0 Å². The van der Waals surface area contributed by atoms with Gasteiger partial charge in [-0.25, -0.2) is 0 Å². The highest BCUT2D eigenvalue weighted by Gasteiger charge is 2.33. The van der Waals surface area contributed by atoms with E-state index < -0.39 is 17.7 Å². The van der Waals surface area contributed by atoms with Gasteiger partial charge >= 0.3 is 12.1 Å². The lowest BCUT2D eigenvalue weighted by Crippen LogP contribution is -2.22. The quantitative estimate of drug-likeness (QED) is 0.110. The molecule has 3 aromatic heterocycles. The van der Waals surface area contributed by atoms with Crippen LogP contribution in [0.4, 0.5) is 13.2 Å². The summed E-state index contributed by atoms with van der Waals surface area (Å²) in [6.45, 7) is 8.54. The summed E-state index contributed by atoms with van der Waals surface area (Å²) in [5.74, 6) is -0.138. The highest BCUT2D eigenvalue weighted by molar-refractivity contribution is 8.01. The smallest absolute Gasteiger partial charge is 0.417 e. The van der Waals surface area contributed by atoms with Crippen molar-refractivity contribution < 1.29 is 22.7 Å². The Balaban J connectivity index is 1.50. The van der Waals surface area contributed by atoms with Gasteiger partial charge in [0.05, 0.1) is 23.6 Å². The molecule has 0 N–H and O–H groups in total. The Labute approximate surface area is 276 Å². The number of aromatic nitrogens is 3. The van der Waals surface area contributed by atoms with E-state index in [0.717, 1.165) is 55.7 Å². The summed E-state index contributed by atoms with van der Waals surface area (Å²) in [7, 11) is 2.00. The lowest BCUT2D eigenvalue weighted by Gasteiger charge is -2.23. The second-order valence-electron chi connectivity index (χ2n) is 11.9. The number of carbonyl (C=O) groups is 1. The summed E-state index contributed by atoms with van der Waals surface area (Å²) < 4.78 is 46.6. The number of rotatable bonds is 10. The molecule has 5 aromatic rings. The van der Waals surface area contributed by atoms with Crippen LogP contribution in [-0.2, 0) is 34.9 Å². The van der Waals surface area contributed by atoms with Crippen molar-refractivity contribution >= 4 is 40.4 Å². The van der Waals surface area contributed by atoms with E-state index in [9.17, 15) is 18.0 Å². The maximum absolute atomic E-state index is 13.7. The number of hydrogen-bond donors (Lipinski definition) is 0. The fourth-order valence-corrected chi connectivity index (χ4v) is 7.38. The first-order chi connectivity index (χ1) is 21.8. The zero-order chi connectivity index (χ0) is 33.1. The van der Waals surface area contributed by atoms with Gasteiger partial charge in [-0.05, 0) is 61.4 Å². The van der Waals surface area contributed by atoms with Crippen molar-refractivity contribution in [2.45, 2.75) is 66.5 Å². The second kappa shape index (κ2) is 13.9. The average molecular weight is 664 g/mol. The van der Waals surface area contributed by atoms with Crippen molar-refractivity contribution in [3.63, 3.8) is 0 Å². The first-order valence-electron chi connectivity index (χ1n) is 15.0. The molecule has 0 aliphatic carbocycles. The van der Waals surface area contributed by atoms with Gasteiger partial charge in [0.2, 0.25) is 0 Å². The number of hydrogen-bond acceptors (Lipinski definition) is 6. The number of ether oxygens (including phenoxy) is 1. The predicted octanol–water partition coefficient (Wildman–Crippen LogP) is 9.73. The van der Waals surface area contributed by atoms with Crippen molar-refractivity contribution in [3.05, 3.63) is 108 Å². The molecule has 2 aromatic carbocycles. The minimum Gasteiger partial charge on any atom is -0.465 e. The predicted molar refractivity (Wildman–Crippen MR) is 180 cm³/mol. The van der Waals surface area contributed by atoms with Crippen LogP contribution in [0.3, 0.4) is 0 Å². The lowest BCUT2D eigenvalue weighted by molar-refractivity contribution is -0.145. The Morgan fingerprint density at radius 2 is 1.74 bits per heavy atom. The molecule has 1 unspecified atom stereocenters. The molecule has 5 rings (SSSR count). The molecule has 0 amide bonds. The highest BCUT2D eigenvalue weighted by atomic mass is 32.2. The molecule has 3 heterocycles. The first-order valence-corrected chi connectivity index (χ1v) is 16.8. The summed E-state index contributed by atoms with van der Waals surface area (Å²) in [5, 5.41) is 1.08. The number of fused-ring (bicyclic) bond motifs is 1. The van der Waals surface area contributed by atoms with Crippen molar-refractivity contribution in [2.24, 2.45) is 7.05 Å². The van der Waals surface area contributed by atoms with E-state index in [-0.39, 0.29) is 17.3 Å².